The lowest BCUT2D eigenvalue weighted by atomic mass is 10.1. The molecule has 92 valence electrons. The van der Waals surface area contributed by atoms with Gasteiger partial charge in [0.25, 0.3) is 0 Å². The van der Waals surface area contributed by atoms with Crippen molar-refractivity contribution in [2.24, 2.45) is 0 Å². The number of ether oxygens (including phenoxy) is 1. The van der Waals surface area contributed by atoms with Crippen molar-refractivity contribution in [3.8, 4) is 5.75 Å². The van der Waals surface area contributed by atoms with Crippen molar-refractivity contribution >= 4 is 33.5 Å². The summed E-state index contributed by atoms with van der Waals surface area (Å²) in [5.74, 6) is 0.954. The molecule has 1 heterocycles. The molecule has 0 aliphatic heterocycles. The van der Waals surface area contributed by atoms with Gasteiger partial charge in [-0.2, -0.15) is 0 Å². The van der Waals surface area contributed by atoms with Crippen LogP contribution < -0.4 is 4.74 Å². The normalized spacial score (nSPS) is 11.4. The minimum atomic E-state index is 0.954. The van der Waals surface area contributed by atoms with Crippen molar-refractivity contribution in [1.29, 1.82) is 0 Å². The predicted molar refractivity (Wildman–Crippen MR) is 79.8 cm³/mol. The molecule has 0 amide bonds. The highest BCUT2D eigenvalue weighted by Crippen LogP contribution is 2.32. The van der Waals surface area contributed by atoms with Gasteiger partial charge in [0.1, 0.15) is 5.75 Å². The van der Waals surface area contributed by atoms with Gasteiger partial charge in [-0.15, -0.1) is 0 Å². The summed E-state index contributed by atoms with van der Waals surface area (Å²) in [5.41, 5.74) is 2.51. The summed E-state index contributed by atoms with van der Waals surface area (Å²) in [6, 6.07) is 6.13. The molecule has 0 saturated heterocycles. The fourth-order valence-corrected chi connectivity index (χ4v) is 2.82. The van der Waals surface area contributed by atoms with Gasteiger partial charge < -0.3 is 14.6 Å². The molecule has 0 aliphatic rings. The van der Waals surface area contributed by atoms with Gasteiger partial charge in [-0.1, -0.05) is 6.07 Å². The van der Waals surface area contributed by atoms with E-state index in [-0.39, 0.29) is 0 Å². The number of hydrogen-bond acceptors (Lipinski definition) is 2. The summed E-state index contributed by atoms with van der Waals surface area (Å²) in [6.45, 7) is 1.04. The highest BCUT2D eigenvalue weighted by atomic mass is 127. The number of nitrogens with one attached hydrogen (secondary N) is 1. The second kappa shape index (κ2) is 5.27. The molecule has 1 N–H and O–H groups in total. The molecule has 0 unspecified atom stereocenters. The Hall–Kier alpha value is -0.750. The predicted octanol–water partition coefficient (Wildman–Crippen LogP) is 2.89. The van der Waals surface area contributed by atoms with Crippen LogP contribution in [0.3, 0.4) is 0 Å². The average molecular weight is 344 g/mol. The van der Waals surface area contributed by atoms with Crippen LogP contribution in [0.1, 0.15) is 5.56 Å². The average Bonchev–Trinajstić information content (AvgIpc) is 2.61. The van der Waals surface area contributed by atoms with Crippen molar-refractivity contribution in [3.05, 3.63) is 27.5 Å². The molecule has 3 nitrogen and oxygen atoms in total. The van der Waals surface area contributed by atoms with Crippen molar-refractivity contribution in [2.45, 2.75) is 6.42 Å². The van der Waals surface area contributed by atoms with E-state index in [0.29, 0.717) is 0 Å². The number of rotatable bonds is 4. The van der Waals surface area contributed by atoms with Crippen LogP contribution in [0.4, 0.5) is 0 Å². The van der Waals surface area contributed by atoms with Crippen LogP contribution in [-0.2, 0) is 6.42 Å². The SMILES string of the molecule is COc1cccc2[nH]c(I)c(CCN(C)C)c12. The van der Waals surface area contributed by atoms with E-state index in [4.69, 9.17) is 4.74 Å². The highest BCUT2D eigenvalue weighted by Gasteiger charge is 2.13. The molecule has 1 aromatic carbocycles. The molecule has 0 bridgehead atoms. The van der Waals surface area contributed by atoms with Gasteiger partial charge in [0.05, 0.1) is 16.3 Å². The van der Waals surface area contributed by atoms with Gasteiger partial charge >= 0.3 is 0 Å². The lowest BCUT2D eigenvalue weighted by molar-refractivity contribution is 0.411. The van der Waals surface area contributed by atoms with Gasteiger partial charge in [0, 0.05) is 11.9 Å². The Balaban J connectivity index is 2.48. The zero-order chi connectivity index (χ0) is 12.4. The Bertz CT molecular complexity index is 519. The summed E-state index contributed by atoms with van der Waals surface area (Å²) in [5, 5.41) is 1.22. The third-order valence-corrected chi connectivity index (χ3v) is 3.79. The molecule has 0 atom stereocenters. The number of likely N-dealkylation sites (N-methyl/N-ethyl adjacent to an activating group) is 1. The number of aromatic nitrogens is 1. The third kappa shape index (κ3) is 2.57. The molecule has 2 aromatic rings. The highest BCUT2D eigenvalue weighted by molar-refractivity contribution is 14.1. The fourth-order valence-electron chi connectivity index (χ4n) is 1.99. The van der Waals surface area contributed by atoms with Gasteiger partial charge in [-0.05, 0) is 60.8 Å². The summed E-state index contributed by atoms with van der Waals surface area (Å²) >= 11 is 2.36. The quantitative estimate of drug-likeness (QED) is 0.864. The maximum absolute atomic E-state index is 5.45. The minimum Gasteiger partial charge on any atom is -0.496 e. The number of H-pyrrole nitrogens is 1. The Kier molecular flexibility index (Phi) is 3.93. The number of nitrogens with zero attached hydrogens (tertiary/aromatic N) is 1. The second-order valence-corrected chi connectivity index (χ2v) is 5.43. The Morgan fingerprint density at radius 1 is 1.35 bits per heavy atom. The van der Waals surface area contributed by atoms with Crippen LogP contribution in [0.2, 0.25) is 0 Å². The molecular formula is C13H17IN2O. The first-order chi connectivity index (χ1) is 8.13. The standard InChI is InChI=1S/C13H17IN2O/c1-16(2)8-7-9-12-10(15-13(9)14)5-4-6-11(12)17-3/h4-6,15H,7-8H2,1-3H3. The van der Waals surface area contributed by atoms with Crippen LogP contribution in [0, 0.1) is 3.70 Å². The van der Waals surface area contributed by atoms with Crippen LogP contribution in [0.15, 0.2) is 18.2 Å². The topological polar surface area (TPSA) is 28.3 Å². The fraction of sp³-hybridized carbons (Fsp3) is 0.385. The molecule has 2 rings (SSSR count). The van der Waals surface area contributed by atoms with E-state index in [9.17, 15) is 0 Å². The smallest absolute Gasteiger partial charge is 0.128 e. The lowest BCUT2D eigenvalue weighted by Gasteiger charge is -2.10. The first kappa shape index (κ1) is 12.7. The Morgan fingerprint density at radius 3 is 2.76 bits per heavy atom. The van der Waals surface area contributed by atoms with Gasteiger partial charge in [0.15, 0.2) is 0 Å². The number of fused-ring (bicyclic) bond motifs is 1. The largest absolute Gasteiger partial charge is 0.496 e. The van der Waals surface area contributed by atoms with E-state index in [1.165, 1.54) is 14.7 Å². The number of halogens is 1. The van der Waals surface area contributed by atoms with E-state index in [0.717, 1.165) is 24.2 Å². The van der Waals surface area contributed by atoms with Gasteiger partial charge in [-0.3, -0.25) is 0 Å². The summed E-state index contributed by atoms with van der Waals surface area (Å²) in [4.78, 5) is 5.61. The van der Waals surface area contributed by atoms with Gasteiger partial charge in [-0.25, -0.2) is 0 Å². The maximum atomic E-state index is 5.45. The van der Waals surface area contributed by atoms with E-state index in [1.807, 2.05) is 12.1 Å². The zero-order valence-electron chi connectivity index (χ0n) is 10.4. The van der Waals surface area contributed by atoms with E-state index in [2.05, 4.69) is 52.6 Å². The summed E-state index contributed by atoms with van der Waals surface area (Å²) in [6.07, 6.45) is 1.03. The zero-order valence-corrected chi connectivity index (χ0v) is 12.5. The number of aromatic amines is 1. The second-order valence-electron chi connectivity index (χ2n) is 4.35. The molecule has 0 fully saturated rings. The summed E-state index contributed by atoms with van der Waals surface area (Å²) < 4.78 is 6.66. The molecule has 1 aromatic heterocycles. The Labute approximate surface area is 115 Å². The molecule has 17 heavy (non-hydrogen) atoms. The van der Waals surface area contributed by atoms with Crippen LogP contribution in [-0.4, -0.2) is 37.6 Å². The Morgan fingerprint density at radius 2 is 2.12 bits per heavy atom. The minimum absolute atomic E-state index is 0.954. The number of benzene rings is 1. The molecule has 0 saturated carbocycles. The molecule has 0 radical (unpaired) electrons. The van der Waals surface area contributed by atoms with Crippen molar-refractivity contribution in [2.75, 3.05) is 27.7 Å². The van der Waals surface area contributed by atoms with Crippen molar-refractivity contribution in [3.63, 3.8) is 0 Å². The number of hydrogen-bond donors (Lipinski definition) is 1. The molecule has 0 aliphatic carbocycles. The van der Waals surface area contributed by atoms with Crippen LogP contribution in [0.25, 0.3) is 10.9 Å². The first-order valence-corrected chi connectivity index (χ1v) is 6.69. The van der Waals surface area contributed by atoms with E-state index < -0.39 is 0 Å². The van der Waals surface area contributed by atoms with Gasteiger partial charge in [0.2, 0.25) is 0 Å². The monoisotopic (exact) mass is 344 g/mol. The maximum Gasteiger partial charge on any atom is 0.128 e. The molecule has 0 spiro atoms. The summed E-state index contributed by atoms with van der Waals surface area (Å²) in [7, 11) is 5.92. The van der Waals surface area contributed by atoms with Crippen molar-refractivity contribution < 1.29 is 4.74 Å². The van der Waals surface area contributed by atoms with Crippen molar-refractivity contribution in [1.82, 2.24) is 9.88 Å². The van der Waals surface area contributed by atoms with Crippen LogP contribution >= 0.6 is 22.6 Å². The first-order valence-electron chi connectivity index (χ1n) is 5.61. The molecule has 4 heteroatoms. The lowest BCUT2D eigenvalue weighted by Crippen LogP contribution is -2.15. The van der Waals surface area contributed by atoms with E-state index in [1.54, 1.807) is 7.11 Å². The number of methoxy groups -OCH3 is 1. The van der Waals surface area contributed by atoms with Crippen LogP contribution in [0.5, 0.6) is 5.75 Å². The van der Waals surface area contributed by atoms with E-state index >= 15 is 0 Å². The molecular weight excluding hydrogens is 327 g/mol. The third-order valence-electron chi connectivity index (χ3n) is 2.87.